The van der Waals surface area contributed by atoms with Crippen LogP contribution in [0.15, 0.2) is 32.3 Å². The summed E-state index contributed by atoms with van der Waals surface area (Å²) < 4.78 is 0.846. The van der Waals surface area contributed by atoms with E-state index in [0.717, 1.165) is 15.7 Å². The molecule has 0 radical (unpaired) electrons. The maximum atomic E-state index is 11.5. The Bertz CT molecular complexity index is 898. The summed E-state index contributed by atoms with van der Waals surface area (Å²) in [5.74, 6) is 0. The van der Waals surface area contributed by atoms with Gasteiger partial charge in [0, 0.05) is 18.6 Å². The minimum atomic E-state index is -1.04. The fourth-order valence-corrected chi connectivity index (χ4v) is 2.72. The lowest BCUT2D eigenvalue weighted by Gasteiger charge is -2.14. The van der Waals surface area contributed by atoms with Crippen molar-refractivity contribution in [2.24, 2.45) is 0 Å². The molecule has 23 heavy (non-hydrogen) atoms. The third-order valence-corrected chi connectivity index (χ3v) is 3.66. The molecule has 2 rings (SSSR count). The van der Waals surface area contributed by atoms with Crippen LogP contribution in [-0.4, -0.2) is 29.0 Å². The SMILES string of the molecule is CN(C)c1ccc(/C=C/c2[nH]c(=O)[nH]c(=O)c2[N+](=O)[O-])cc1Br. The monoisotopic (exact) mass is 380 g/mol. The number of nitrogens with zero attached hydrogens (tertiary/aromatic N) is 2. The molecular weight excluding hydrogens is 368 g/mol. The molecule has 0 aliphatic carbocycles. The first-order valence-electron chi connectivity index (χ1n) is 6.45. The molecule has 0 atom stereocenters. The molecule has 0 spiro atoms. The highest BCUT2D eigenvalue weighted by Crippen LogP contribution is 2.26. The van der Waals surface area contributed by atoms with Crippen LogP contribution >= 0.6 is 15.9 Å². The van der Waals surface area contributed by atoms with Gasteiger partial charge >= 0.3 is 16.9 Å². The largest absolute Gasteiger partial charge is 0.377 e. The van der Waals surface area contributed by atoms with Crippen LogP contribution < -0.4 is 16.1 Å². The minimum absolute atomic E-state index is 0.156. The molecule has 1 aromatic carbocycles. The van der Waals surface area contributed by atoms with Gasteiger partial charge in [-0.05, 0) is 39.7 Å². The van der Waals surface area contributed by atoms with Gasteiger partial charge in [-0.3, -0.25) is 19.9 Å². The summed E-state index contributed by atoms with van der Waals surface area (Å²) in [4.78, 5) is 38.9. The van der Waals surface area contributed by atoms with E-state index in [4.69, 9.17) is 0 Å². The Morgan fingerprint density at radius 2 is 1.91 bits per heavy atom. The first-order valence-corrected chi connectivity index (χ1v) is 7.25. The third kappa shape index (κ3) is 3.75. The van der Waals surface area contributed by atoms with Crippen LogP contribution in [0.1, 0.15) is 11.3 Å². The Balaban J connectivity index is 2.45. The third-order valence-electron chi connectivity index (χ3n) is 3.02. The second-order valence-electron chi connectivity index (χ2n) is 4.87. The van der Waals surface area contributed by atoms with Crippen molar-refractivity contribution in [3.63, 3.8) is 0 Å². The first kappa shape index (κ1) is 16.7. The van der Waals surface area contributed by atoms with Crippen molar-refractivity contribution in [3.05, 3.63) is 64.9 Å². The van der Waals surface area contributed by atoms with Gasteiger partial charge in [-0.1, -0.05) is 12.1 Å². The summed E-state index contributed by atoms with van der Waals surface area (Å²) >= 11 is 3.44. The zero-order valence-corrected chi connectivity index (χ0v) is 13.9. The number of nitrogens with one attached hydrogen (secondary N) is 2. The van der Waals surface area contributed by atoms with Crippen LogP contribution in [0.5, 0.6) is 0 Å². The van der Waals surface area contributed by atoms with Gasteiger partial charge in [0.05, 0.1) is 10.6 Å². The number of H-pyrrole nitrogens is 2. The predicted molar refractivity (Wildman–Crippen MR) is 91.7 cm³/mol. The van der Waals surface area contributed by atoms with Gasteiger partial charge in [-0.15, -0.1) is 0 Å². The maximum Gasteiger partial charge on any atom is 0.357 e. The zero-order valence-electron chi connectivity index (χ0n) is 12.3. The second-order valence-corrected chi connectivity index (χ2v) is 5.72. The summed E-state index contributed by atoms with van der Waals surface area (Å²) in [7, 11) is 3.81. The Morgan fingerprint density at radius 3 is 2.48 bits per heavy atom. The number of nitro groups is 1. The van der Waals surface area contributed by atoms with Crippen molar-refractivity contribution in [3.8, 4) is 0 Å². The van der Waals surface area contributed by atoms with Crippen molar-refractivity contribution in [1.29, 1.82) is 0 Å². The molecular formula is C14H13BrN4O4. The number of halogens is 1. The number of hydrogen-bond donors (Lipinski definition) is 2. The molecule has 1 heterocycles. The number of anilines is 1. The molecule has 0 bridgehead atoms. The van der Waals surface area contributed by atoms with E-state index in [9.17, 15) is 19.7 Å². The lowest BCUT2D eigenvalue weighted by atomic mass is 10.1. The Morgan fingerprint density at radius 1 is 1.22 bits per heavy atom. The molecule has 8 nitrogen and oxygen atoms in total. The fraction of sp³-hybridized carbons (Fsp3) is 0.143. The van der Waals surface area contributed by atoms with Crippen LogP contribution in [0.4, 0.5) is 11.4 Å². The second kappa shape index (κ2) is 6.61. The molecule has 120 valence electrons. The van der Waals surface area contributed by atoms with Crippen molar-refractivity contribution in [2.75, 3.05) is 19.0 Å². The summed E-state index contributed by atoms with van der Waals surface area (Å²) in [6, 6.07) is 5.51. The highest BCUT2D eigenvalue weighted by Gasteiger charge is 2.18. The summed E-state index contributed by atoms with van der Waals surface area (Å²) in [5.41, 5.74) is -0.982. The molecule has 1 aromatic heterocycles. The average molecular weight is 381 g/mol. The molecule has 0 aliphatic heterocycles. The van der Waals surface area contributed by atoms with E-state index in [-0.39, 0.29) is 5.69 Å². The summed E-state index contributed by atoms with van der Waals surface area (Å²) in [5, 5.41) is 11.0. The van der Waals surface area contributed by atoms with Gasteiger partial charge in [-0.2, -0.15) is 0 Å². The first-order chi connectivity index (χ1) is 10.8. The van der Waals surface area contributed by atoms with Gasteiger partial charge in [0.25, 0.3) is 0 Å². The van der Waals surface area contributed by atoms with Crippen LogP contribution in [0.2, 0.25) is 0 Å². The Labute approximate surface area is 138 Å². The number of benzene rings is 1. The molecule has 2 N–H and O–H groups in total. The number of aromatic nitrogens is 2. The molecule has 0 fully saturated rings. The summed E-state index contributed by atoms with van der Waals surface area (Å²) in [6.45, 7) is 0. The fourth-order valence-electron chi connectivity index (χ4n) is 1.97. The number of aromatic amines is 2. The normalized spacial score (nSPS) is 10.9. The van der Waals surface area contributed by atoms with E-state index in [0.29, 0.717) is 0 Å². The molecule has 0 saturated heterocycles. The Hall–Kier alpha value is -2.68. The van der Waals surface area contributed by atoms with Gasteiger partial charge < -0.3 is 9.88 Å². The van der Waals surface area contributed by atoms with Crippen LogP contribution in [0, 0.1) is 10.1 Å². The van der Waals surface area contributed by atoms with Crippen LogP contribution in [0.3, 0.4) is 0 Å². The van der Waals surface area contributed by atoms with E-state index >= 15 is 0 Å². The maximum absolute atomic E-state index is 11.5. The smallest absolute Gasteiger partial charge is 0.357 e. The molecule has 2 aromatic rings. The summed E-state index contributed by atoms with van der Waals surface area (Å²) in [6.07, 6.45) is 2.90. The van der Waals surface area contributed by atoms with Crippen LogP contribution in [0.25, 0.3) is 12.2 Å². The Kier molecular flexibility index (Phi) is 4.80. The van der Waals surface area contributed by atoms with Gasteiger partial charge in [0.2, 0.25) is 0 Å². The molecule has 9 heteroatoms. The van der Waals surface area contributed by atoms with Crippen molar-refractivity contribution in [2.45, 2.75) is 0 Å². The number of hydrogen-bond acceptors (Lipinski definition) is 5. The van der Waals surface area contributed by atoms with Gasteiger partial charge in [0.15, 0.2) is 0 Å². The molecule has 0 saturated carbocycles. The number of rotatable bonds is 4. The minimum Gasteiger partial charge on any atom is -0.377 e. The quantitative estimate of drug-likeness (QED) is 0.621. The molecule has 0 unspecified atom stereocenters. The van der Waals surface area contributed by atoms with E-state index < -0.39 is 21.9 Å². The van der Waals surface area contributed by atoms with E-state index in [1.165, 1.54) is 6.08 Å². The van der Waals surface area contributed by atoms with Crippen molar-refractivity contribution < 1.29 is 4.92 Å². The standard InChI is InChI=1S/C14H13BrN4O4/c1-18(2)11-6-4-8(7-9(11)15)3-5-10-12(19(22)23)13(20)17-14(21)16-10/h3-7H,1-2H3,(H2,16,17,20,21)/b5-3+. The van der Waals surface area contributed by atoms with E-state index in [2.05, 4.69) is 20.9 Å². The van der Waals surface area contributed by atoms with E-state index in [1.54, 1.807) is 6.08 Å². The highest BCUT2D eigenvalue weighted by atomic mass is 79.9. The van der Waals surface area contributed by atoms with Crippen LogP contribution in [-0.2, 0) is 0 Å². The highest BCUT2D eigenvalue weighted by molar-refractivity contribution is 9.10. The predicted octanol–water partition coefficient (Wildman–Crippen LogP) is 1.97. The van der Waals surface area contributed by atoms with Crippen molar-refractivity contribution in [1.82, 2.24) is 9.97 Å². The van der Waals surface area contributed by atoms with Gasteiger partial charge in [0.1, 0.15) is 5.69 Å². The molecule has 0 amide bonds. The topological polar surface area (TPSA) is 112 Å². The lowest BCUT2D eigenvalue weighted by Crippen LogP contribution is -2.25. The average Bonchev–Trinajstić information content (AvgIpc) is 2.43. The van der Waals surface area contributed by atoms with E-state index in [1.807, 2.05) is 42.2 Å². The van der Waals surface area contributed by atoms with Gasteiger partial charge in [-0.25, -0.2) is 4.79 Å². The van der Waals surface area contributed by atoms with Crippen molar-refractivity contribution >= 4 is 39.5 Å². The zero-order chi connectivity index (χ0) is 17.1. The molecule has 0 aliphatic rings. The lowest BCUT2D eigenvalue weighted by molar-refractivity contribution is -0.386.